The summed E-state index contributed by atoms with van der Waals surface area (Å²) in [4.78, 5) is 9.11. The van der Waals surface area contributed by atoms with Gasteiger partial charge in [0.2, 0.25) is 0 Å². The van der Waals surface area contributed by atoms with E-state index < -0.39 is 11.7 Å². The quantitative estimate of drug-likeness (QED) is 0.870. The predicted octanol–water partition coefficient (Wildman–Crippen LogP) is 3.39. The maximum absolute atomic E-state index is 13.3. The zero-order valence-electron chi connectivity index (χ0n) is 11.2. The lowest BCUT2D eigenvalue weighted by Crippen LogP contribution is -2.30. The molecule has 2 heterocycles. The van der Waals surface area contributed by atoms with E-state index in [9.17, 15) is 13.2 Å². The highest BCUT2D eigenvalue weighted by atomic mass is 19.4. The molecule has 0 amide bonds. The van der Waals surface area contributed by atoms with Crippen LogP contribution in [0.5, 0.6) is 0 Å². The first kappa shape index (κ1) is 13.4. The van der Waals surface area contributed by atoms with Crippen molar-refractivity contribution in [1.29, 1.82) is 0 Å². The van der Waals surface area contributed by atoms with Gasteiger partial charge in [-0.05, 0) is 56.6 Å². The van der Waals surface area contributed by atoms with Crippen molar-refractivity contribution in [3.8, 4) is 0 Å². The van der Waals surface area contributed by atoms with Gasteiger partial charge in [0.1, 0.15) is 0 Å². The molecule has 2 aromatic rings. The number of halogens is 3. The van der Waals surface area contributed by atoms with Crippen LogP contribution in [0.3, 0.4) is 0 Å². The molecule has 1 aromatic carbocycles. The van der Waals surface area contributed by atoms with Crippen molar-refractivity contribution in [2.45, 2.75) is 24.9 Å². The molecule has 108 valence electrons. The molecule has 1 aliphatic rings. The van der Waals surface area contributed by atoms with Crippen molar-refractivity contribution < 1.29 is 13.2 Å². The van der Waals surface area contributed by atoms with Crippen LogP contribution in [0.2, 0.25) is 0 Å². The minimum absolute atomic E-state index is 0.0630. The summed E-state index contributed by atoms with van der Waals surface area (Å²) >= 11 is 0. The standard InChI is InChI=1S/C14H16F3N3/c1-20-6-4-9(5-7-20)12-10(14(15,16)17)2-3-11-13(12)19-8-18-11/h2-3,8-9H,4-7H2,1H3,(H,18,19). The summed E-state index contributed by atoms with van der Waals surface area (Å²) in [5.74, 6) is -0.0630. The molecule has 1 fully saturated rings. The van der Waals surface area contributed by atoms with Gasteiger partial charge < -0.3 is 9.88 Å². The SMILES string of the molecule is CN1CCC(c2c(C(F)(F)F)ccc3nc[nH]c23)CC1. The minimum atomic E-state index is -4.32. The van der Waals surface area contributed by atoms with E-state index in [0.717, 1.165) is 32.0 Å². The van der Waals surface area contributed by atoms with E-state index in [4.69, 9.17) is 0 Å². The molecule has 0 saturated carbocycles. The van der Waals surface area contributed by atoms with Crippen LogP contribution in [-0.4, -0.2) is 35.0 Å². The Morgan fingerprint density at radius 2 is 1.95 bits per heavy atom. The van der Waals surface area contributed by atoms with Crippen molar-refractivity contribution in [2.75, 3.05) is 20.1 Å². The zero-order chi connectivity index (χ0) is 14.3. The normalized spacial score (nSPS) is 18.8. The number of nitrogens with zero attached hydrogens (tertiary/aromatic N) is 2. The second kappa shape index (κ2) is 4.77. The Kier molecular flexibility index (Phi) is 3.20. The number of aromatic amines is 1. The monoisotopic (exact) mass is 283 g/mol. The number of likely N-dealkylation sites (tertiary alicyclic amines) is 1. The van der Waals surface area contributed by atoms with Crippen molar-refractivity contribution in [1.82, 2.24) is 14.9 Å². The summed E-state index contributed by atoms with van der Waals surface area (Å²) in [7, 11) is 2.00. The first-order chi connectivity index (χ1) is 9.47. The van der Waals surface area contributed by atoms with Crippen LogP contribution < -0.4 is 0 Å². The highest BCUT2D eigenvalue weighted by Gasteiger charge is 2.37. The summed E-state index contributed by atoms with van der Waals surface area (Å²) in [6, 6.07) is 2.60. The number of fused-ring (bicyclic) bond motifs is 1. The van der Waals surface area contributed by atoms with E-state index in [2.05, 4.69) is 14.9 Å². The second-order valence-electron chi connectivity index (χ2n) is 5.40. The largest absolute Gasteiger partial charge is 0.416 e. The van der Waals surface area contributed by atoms with Gasteiger partial charge in [0.15, 0.2) is 0 Å². The molecule has 20 heavy (non-hydrogen) atoms. The molecular formula is C14H16F3N3. The maximum atomic E-state index is 13.3. The second-order valence-corrected chi connectivity index (χ2v) is 5.40. The summed E-state index contributed by atoms with van der Waals surface area (Å²) in [6.07, 6.45) is -1.36. The van der Waals surface area contributed by atoms with E-state index in [1.807, 2.05) is 7.05 Å². The van der Waals surface area contributed by atoms with Crippen LogP contribution in [-0.2, 0) is 6.18 Å². The zero-order valence-corrected chi connectivity index (χ0v) is 11.2. The third-order valence-electron chi connectivity index (χ3n) is 4.07. The van der Waals surface area contributed by atoms with E-state index >= 15 is 0 Å². The molecule has 3 nitrogen and oxygen atoms in total. The molecule has 1 saturated heterocycles. The van der Waals surface area contributed by atoms with Crippen LogP contribution in [0, 0.1) is 0 Å². The van der Waals surface area contributed by atoms with Crippen LogP contribution in [0.1, 0.15) is 29.9 Å². The Bertz CT molecular complexity index is 610. The van der Waals surface area contributed by atoms with Crippen LogP contribution in [0.15, 0.2) is 18.5 Å². The van der Waals surface area contributed by atoms with Crippen molar-refractivity contribution in [3.05, 3.63) is 29.6 Å². The molecule has 0 spiro atoms. The number of hydrogen-bond donors (Lipinski definition) is 1. The van der Waals surface area contributed by atoms with Gasteiger partial charge in [-0.25, -0.2) is 4.98 Å². The topological polar surface area (TPSA) is 31.9 Å². The molecule has 0 aliphatic carbocycles. The molecule has 6 heteroatoms. The average Bonchev–Trinajstić information content (AvgIpc) is 2.85. The minimum Gasteiger partial charge on any atom is -0.344 e. The Balaban J connectivity index is 2.12. The first-order valence-electron chi connectivity index (χ1n) is 6.68. The van der Waals surface area contributed by atoms with Crippen molar-refractivity contribution in [3.63, 3.8) is 0 Å². The van der Waals surface area contributed by atoms with Crippen molar-refractivity contribution in [2.24, 2.45) is 0 Å². The summed E-state index contributed by atoms with van der Waals surface area (Å²) in [6.45, 7) is 1.65. The molecule has 3 rings (SSSR count). The molecule has 1 aliphatic heterocycles. The Hall–Kier alpha value is -1.56. The van der Waals surface area contributed by atoms with Gasteiger partial charge in [-0.2, -0.15) is 13.2 Å². The predicted molar refractivity (Wildman–Crippen MR) is 70.6 cm³/mol. The Morgan fingerprint density at radius 1 is 1.25 bits per heavy atom. The van der Waals surface area contributed by atoms with Gasteiger partial charge in [-0.15, -0.1) is 0 Å². The van der Waals surface area contributed by atoms with Gasteiger partial charge in [-0.1, -0.05) is 0 Å². The Morgan fingerprint density at radius 3 is 2.60 bits per heavy atom. The van der Waals surface area contributed by atoms with Gasteiger partial charge in [0, 0.05) is 0 Å². The highest BCUT2D eigenvalue weighted by molar-refractivity contribution is 5.80. The molecule has 0 atom stereocenters. The third kappa shape index (κ3) is 2.28. The van der Waals surface area contributed by atoms with E-state index in [0.29, 0.717) is 16.6 Å². The Labute approximate surface area is 114 Å². The summed E-state index contributed by atoms with van der Waals surface area (Å²) in [5.41, 5.74) is 1.01. The average molecular weight is 283 g/mol. The number of H-pyrrole nitrogens is 1. The number of aromatic nitrogens is 2. The lowest BCUT2D eigenvalue weighted by molar-refractivity contribution is -0.138. The summed E-state index contributed by atoms with van der Waals surface area (Å²) < 4.78 is 39.8. The molecular weight excluding hydrogens is 267 g/mol. The van der Waals surface area contributed by atoms with Crippen LogP contribution in [0.4, 0.5) is 13.2 Å². The van der Waals surface area contributed by atoms with E-state index in [1.54, 1.807) is 0 Å². The number of hydrogen-bond acceptors (Lipinski definition) is 2. The molecule has 0 unspecified atom stereocenters. The fraction of sp³-hybridized carbons (Fsp3) is 0.500. The number of alkyl halides is 3. The summed E-state index contributed by atoms with van der Waals surface area (Å²) in [5, 5.41) is 0. The number of rotatable bonds is 1. The van der Waals surface area contributed by atoms with E-state index in [1.165, 1.54) is 12.4 Å². The van der Waals surface area contributed by atoms with Crippen LogP contribution in [0.25, 0.3) is 11.0 Å². The molecule has 1 aromatic heterocycles. The van der Waals surface area contributed by atoms with Gasteiger partial charge in [0.05, 0.1) is 22.9 Å². The number of benzene rings is 1. The maximum Gasteiger partial charge on any atom is 0.416 e. The van der Waals surface area contributed by atoms with Gasteiger partial charge >= 0.3 is 6.18 Å². The lowest BCUT2D eigenvalue weighted by Gasteiger charge is -2.30. The van der Waals surface area contributed by atoms with Crippen molar-refractivity contribution >= 4 is 11.0 Å². The molecule has 0 radical (unpaired) electrons. The van der Waals surface area contributed by atoms with E-state index in [-0.39, 0.29) is 5.92 Å². The fourth-order valence-corrected chi connectivity index (χ4v) is 3.00. The first-order valence-corrected chi connectivity index (χ1v) is 6.68. The third-order valence-corrected chi connectivity index (χ3v) is 4.07. The molecule has 0 bridgehead atoms. The van der Waals surface area contributed by atoms with Gasteiger partial charge in [0.25, 0.3) is 0 Å². The fourth-order valence-electron chi connectivity index (χ4n) is 3.00. The number of imidazole rings is 1. The van der Waals surface area contributed by atoms with Crippen LogP contribution >= 0.6 is 0 Å². The smallest absolute Gasteiger partial charge is 0.344 e. The number of nitrogens with one attached hydrogen (secondary N) is 1. The lowest BCUT2D eigenvalue weighted by atomic mass is 9.85. The van der Waals surface area contributed by atoms with Gasteiger partial charge in [-0.3, -0.25) is 0 Å². The highest BCUT2D eigenvalue weighted by Crippen LogP contribution is 2.41. The number of piperidine rings is 1. The molecule has 1 N–H and O–H groups in total.